The summed E-state index contributed by atoms with van der Waals surface area (Å²) in [6.45, 7) is 9.31. The van der Waals surface area contributed by atoms with Gasteiger partial charge < -0.3 is 30.1 Å². The van der Waals surface area contributed by atoms with E-state index in [0.29, 0.717) is 45.4 Å². The molecule has 2 aromatic carbocycles. The van der Waals surface area contributed by atoms with Crippen LogP contribution in [0.5, 0.6) is 5.75 Å². The number of halogens is 1. The lowest BCUT2D eigenvalue weighted by Gasteiger charge is -2.50. The summed E-state index contributed by atoms with van der Waals surface area (Å²) in [4.78, 5) is 94.4. The van der Waals surface area contributed by atoms with Crippen LogP contribution in [0.1, 0.15) is 73.1 Å². The van der Waals surface area contributed by atoms with Crippen LogP contribution in [-0.4, -0.2) is 126 Å². The Hall–Kier alpha value is -5.81. The molecule has 3 saturated heterocycles. The first-order valence-electron chi connectivity index (χ1n) is 20.4. The molecule has 8 rings (SSSR count). The first kappa shape index (κ1) is 40.9. The Morgan fingerprint density at radius 1 is 0.933 bits per heavy atom. The van der Waals surface area contributed by atoms with Crippen LogP contribution >= 0.6 is 11.6 Å². The number of likely N-dealkylation sites (N-methyl/N-ethyl adjacent to an activating group) is 1. The molecule has 1 aromatic heterocycles. The van der Waals surface area contributed by atoms with Crippen LogP contribution < -0.4 is 35.4 Å². The minimum absolute atomic E-state index is 0.0793. The van der Waals surface area contributed by atoms with E-state index in [1.54, 1.807) is 49.5 Å². The molecule has 0 radical (unpaired) electrons. The second kappa shape index (κ2) is 16.3. The number of carbonyl (C=O) groups is 6. The van der Waals surface area contributed by atoms with E-state index in [2.05, 4.69) is 49.5 Å². The number of hydrogen-bond acceptors (Lipinski definition) is 13. The predicted molar refractivity (Wildman–Crippen MR) is 224 cm³/mol. The van der Waals surface area contributed by atoms with E-state index >= 15 is 0 Å². The second-order valence-electron chi connectivity index (χ2n) is 16.5. The van der Waals surface area contributed by atoms with Gasteiger partial charge in [-0.1, -0.05) is 11.6 Å². The Morgan fingerprint density at radius 3 is 2.38 bits per heavy atom. The van der Waals surface area contributed by atoms with E-state index in [1.807, 2.05) is 12.1 Å². The van der Waals surface area contributed by atoms with Gasteiger partial charge in [0, 0.05) is 95.6 Å². The summed E-state index contributed by atoms with van der Waals surface area (Å²) in [5.41, 5.74) is 2.65. The largest absolute Gasteiger partial charge is 0.478 e. The van der Waals surface area contributed by atoms with Crippen molar-refractivity contribution in [1.29, 1.82) is 0 Å². The third-order valence-electron chi connectivity index (χ3n) is 12.8. The molecule has 60 heavy (non-hydrogen) atoms. The van der Waals surface area contributed by atoms with Gasteiger partial charge in [-0.25, -0.2) is 4.98 Å². The number of carbonyl (C=O) groups excluding carboxylic acids is 6. The van der Waals surface area contributed by atoms with E-state index in [9.17, 15) is 28.8 Å². The van der Waals surface area contributed by atoms with Gasteiger partial charge in [-0.05, 0) is 69.4 Å². The monoisotopic (exact) mass is 840 g/mol. The average molecular weight is 841 g/mol. The fraction of sp³-hybridized carbons (Fsp3) is 0.476. The lowest BCUT2D eigenvalue weighted by molar-refractivity contribution is -0.136. The van der Waals surface area contributed by atoms with Crippen molar-refractivity contribution < 1.29 is 33.5 Å². The molecule has 2 atom stereocenters. The number of aromatic nitrogens is 2. The highest BCUT2D eigenvalue weighted by Crippen LogP contribution is 2.39. The van der Waals surface area contributed by atoms with Crippen molar-refractivity contribution in [2.75, 3.05) is 73.4 Å². The van der Waals surface area contributed by atoms with Crippen LogP contribution in [0.25, 0.3) is 0 Å². The molecular weight excluding hydrogens is 792 g/mol. The molecule has 2 unspecified atom stereocenters. The molecule has 3 aromatic rings. The lowest BCUT2D eigenvalue weighted by Crippen LogP contribution is -2.59. The SMILES string of the molecule is CNC(=O)CCC1Oc2cc(Nc3nc(N4CCN(C(C)(C)C5CCN(c6ccc7c(c6)C(=O)N(C6CCC(=O)NC6=O)C7=O)CC5)CC4)ncc3Cl)ccc2N(C)C1=O. The number of piperidine rings is 2. The lowest BCUT2D eigenvalue weighted by atomic mass is 9.78. The molecule has 3 fully saturated rings. The standard InChI is InChI=1S/C42H49ClN10O7/c1-42(2,24-13-15-50(16-14-24)26-6-7-27-28(22-26)39(58)53(38(27)57)31-9-11-35(55)47-37(31)56)52-19-17-51(18-20-52)41-45-23-29(43)36(48-41)46-25-5-8-30-33(21-25)60-32(40(59)49(30)4)10-12-34(54)44-3/h5-8,21-24,31-32H,9-20H2,1-4H3,(H,44,54)(H,45,46,48)(H,47,55,56). The highest BCUT2D eigenvalue weighted by molar-refractivity contribution is 6.33. The zero-order valence-electron chi connectivity index (χ0n) is 34.1. The van der Waals surface area contributed by atoms with Crippen molar-refractivity contribution in [2.24, 2.45) is 5.92 Å². The number of anilines is 5. The van der Waals surface area contributed by atoms with Crippen molar-refractivity contribution in [2.45, 2.75) is 70.1 Å². The predicted octanol–water partition coefficient (Wildman–Crippen LogP) is 3.34. The number of piperazine rings is 1. The maximum atomic E-state index is 13.4. The van der Waals surface area contributed by atoms with Crippen molar-refractivity contribution in [1.82, 2.24) is 30.4 Å². The van der Waals surface area contributed by atoms with Gasteiger partial charge in [0.1, 0.15) is 16.8 Å². The smallest absolute Gasteiger partial charge is 0.267 e. The van der Waals surface area contributed by atoms with Crippen LogP contribution in [0.15, 0.2) is 42.6 Å². The van der Waals surface area contributed by atoms with E-state index in [0.717, 1.165) is 62.7 Å². The van der Waals surface area contributed by atoms with Crippen molar-refractivity contribution >= 4 is 75.9 Å². The van der Waals surface area contributed by atoms with Crippen LogP contribution in [0.3, 0.4) is 0 Å². The number of imide groups is 2. The molecule has 18 heteroatoms. The summed E-state index contributed by atoms with van der Waals surface area (Å²) in [6.07, 6.45) is 3.35. The van der Waals surface area contributed by atoms with E-state index < -0.39 is 35.8 Å². The van der Waals surface area contributed by atoms with Crippen LogP contribution in [-0.2, 0) is 19.2 Å². The minimum atomic E-state index is -0.991. The van der Waals surface area contributed by atoms with E-state index in [1.165, 1.54) is 0 Å². The highest BCUT2D eigenvalue weighted by Gasteiger charge is 2.45. The van der Waals surface area contributed by atoms with E-state index in [-0.39, 0.29) is 48.6 Å². The number of ether oxygens (including phenoxy) is 1. The molecule has 316 valence electrons. The van der Waals surface area contributed by atoms with Gasteiger partial charge in [0.15, 0.2) is 11.9 Å². The molecule has 6 amide bonds. The summed E-state index contributed by atoms with van der Waals surface area (Å²) in [5.74, 6) is -0.448. The summed E-state index contributed by atoms with van der Waals surface area (Å²) < 4.78 is 6.06. The maximum absolute atomic E-state index is 13.4. The second-order valence-corrected chi connectivity index (χ2v) is 16.9. The number of amides is 6. The molecule has 17 nitrogen and oxygen atoms in total. The number of nitrogens with one attached hydrogen (secondary N) is 3. The van der Waals surface area contributed by atoms with Gasteiger partial charge in [-0.15, -0.1) is 0 Å². The third-order valence-corrected chi connectivity index (χ3v) is 13.0. The Balaban J connectivity index is 0.860. The highest BCUT2D eigenvalue weighted by atomic mass is 35.5. The normalized spacial score (nSPS) is 21.4. The van der Waals surface area contributed by atoms with Gasteiger partial charge in [-0.3, -0.25) is 43.9 Å². The molecule has 3 N–H and O–H groups in total. The average Bonchev–Trinajstić information content (AvgIpc) is 3.49. The molecule has 5 aliphatic heterocycles. The third kappa shape index (κ3) is 7.71. The molecule has 6 heterocycles. The summed E-state index contributed by atoms with van der Waals surface area (Å²) >= 11 is 6.59. The minimum Gasteiger partial charge on any atom is -0.478 e. The zero-order chi connectivity index (χ0) is 42.5. The molecule has 0 bridgehead atoms. The molecule has 5 aliphatic rings. The first-order chi connectivity index (χ1) is 28.7. The van der Waals surface area contributed by atoms with Crippen LogP contribution in [0, 0.1) is 5.92 Å². The fourth-order valence-corrected chi connectivity index (χ4v) is 9.18. The van der Waals surface area contributed by atoms with Crippen molar-refractivity contribution in [3.8, 4) is 5.75 Å². The van der Waals surface area contributed by atoms with Gasteiger partial charge in [0.25, 0.3) is 17.7 Å². The van der Waals surface area contributed by atoms with Crippen LogP contribution in [0.2, 0.25) is 5.02 Å². The molecular formula is C42H49ClN10O7. The van der Waals surface area contributed by atoms with Gasteiger partial charge in [-0.2, -0.15) is 4.98 Å². The fourth-order valence-electron chi connectivity index (χ4n) is 9.05. The van der Waals surface area contributed by atoms with Crippen molar-refractivity contribution in [3.05, 3.63) is 58.7 Å². The van der Waals surface area contributed by atoms with Gasteiger partial charge in [0.2, 0.25) is 23.7 Å². The summed E-state index contributed by atoms with van der Waals surface area (Å²) in [5, 5.41) is 8.47. The summed E-state index contributed by atoms with van der Waals surface area (Å²) in [7, 11) is 3.25. The van der Waals surface area contributed by atoms with Gasteiger partial charge >= 0.3 is 0 Å². The van der Waals surface area contributed by atoms with Gasteiger partial charge in [0.05, 0.1) is 23.0 Å². The Morgan fingerprint density at radius 2 is 1.67 bits per heavy atom. The number of nitrogens with zero attached hydrogens (tertiary/aromatic N) is 7. The quantitative estimate of drug-likeness (QED) is 0.253. The molecule has 0 spiro atoms. The Bertz CT molecular complexity index is 2250. The summed E-state index contributed by atoms with van der Waals surface area (Å²) in [6, 6.07) is 9.74. The first-order valence-corrected chi connectivity index (χ1v) is 20.8. The number of hydrogen-bond donors (Lipinski definition) is 3. The zero-order valence-corrected chi connectivity index (χ0v) is 34.9. The Labute approximate surface area is 352 Å². The van der Waals surface area contributed by atoms with Crippen molar-refractivity contribution in [3.63, 3.8) is 0 Å². The topological polar surface area (TPSA) is 190 Å². The number of fused-ring (bicyclic) bond motifs is 2. The molecule has 0 saturated carbocycles. The Kier molecular flexibility index (Phi) is 11.1. The molecule has 0 aliphatic carbocycles. The number of benzene rings is 2. The van der Waals surface area contributed by atoms with E-state index in [4.69, 9.17) is 21.3 Å². The maximum Gasteiger partial charge on any atom is 0.267 e. The van der Waals surface area contributed by atoms with Crippen LogP contribution in [0.4, 0.5) is 28.8 Å². The number of rotatable bonds is 10.